The molecule has 1 fully saturated rings. The van der Waals surface area contributed by atoms with Crippen molar-refractivity contribution in [2.75, 3.05) is 31.6 Å². The molecular formula is C20H24N2O2. The Hall–Kier alpha value is -2.49. The van der Waals surface area contributed by atoms with Crippen LogP contribution in [0.25, 0.3) is 0 Å². The van der Waals surface area contributed by atoms with Crippen molar-refractivity contribution in [3.05, 3.63) is 60.2 Å². The van der Waals surface area contributed by atoms with Crippen molar-refractivity contribution in [2.24, 2.45) is 0 Å². The summed E-state index contributed by atoms with van der Waals surface area (Å²) < 4.78 is 5.23. The number of amides is 1. The highest BCUT2D eigenvalue weighted by Gasteiger charge is 2.27. The SMILES string of the molecule is COc1cccc(CC(=O)N2CCN(c3ccccc3)CC2C)c1. The number of piperazine rings is 1. The Kier molecular flexibility index (Phi) is 5.04. The lowest BCUT2D eigenvalue weighted by Crippen LogP contribution is -2.54. The summed E-state index contributed by atoms with van der Waals surface area (Å²) in [6.45, 7) is 4.63. The summed E-state index contributed by atoms with van der Waals surface area (Å²) in [5.41, 5.74) is 2.22. The second-order valence-electron chi connectivity index (χ2n) is 6.25. The van der Waals surface area contributed by atoms with Gasteiger partial charge in [-0.1, -0.05) is 30.3 Å². The summed E-state index contributed by atoms with van der Waals surface area (Å²) in [5, 5.41) is 0. The number of methoxy groups -OCH3 is 1. The van der Waals surface area contributed by atoms with Crippen molar-refractivity contribution in [1.29, 1.82) is 0 Å². The molecule has 0 aromatic heterocycles. The molecule has 0 spiro atoms. The molecule has 126 valence electrons. The summed E-state index contributed by atoms with van der Waals surface area (Å²) >= 11 is 0. The summed E-state index contributed by atoms with van der Waals surface area (Å²) in [7, 11) is 1.64. The van der Waals surface area contributed by atoms with Gasteiger partial charge in [0, 0.05) is 31.4 Å². The van der Waals surface area contributed by atoms with Crippen molar-refractivity contribution >= 4 is 11.6 Å². The highest BCUT2D eigenvalue weighted by Crippen LogP contribution is 2.20. The first-order valence-electron chi connectivity index (χ1n) is 8.40. The van der Waals surface area contributed by atoms with Gasteiger partial charge in [0.15, 0.2) is 0 Å². The van der Waals surface area contributed by atoms with E-state index in [2.05, 4.69) is 36.1 Å². The highest BCUT2D eigenvalue weighted by atomic mass is 16.5. The predicted molar refractivity (Wildman–Crippen MR) is 96.5 cm³/mol. The van der Waals surface area contributed by atoms with Crippen molar-refractivity contribution in [1.82, 2.24) is 4.90 Å². The Morgan fingerprint density at radius 2 is 1.92 bits per heavy atom. The number of carbonyl (C=O) groups excluding carboxylic acids is 1. The van der Waals surface area contributed by atoms with Crippen LogP contribution in [0.1, 0.15) is 12.5 Å². The number of anilines is 1. The lowest BCUT2D eigenvalue weighted by atomic mass is 10.1. The van der Waals surface area contributed by atoms with Crippen LogP contribution in [0.2, 0.25) is 0 Å². The third-order valence-electron chi connectivity index (χ3n) is 4.56. The van der Waals surface area contributed by atoms with Gasteiger partial charge in [0.1, 0.15) is 5.75 Å². The van der Waals surface area contributed by atoms with Crippen molar-refractivity contribution < 1.29 is 9.53 Å². The van der Waals surface area contributed by atoms with Gasteiger partial charge in [-0.15, -0.1) is 0 Å². The van der Waals surface area contributed by atoms with E-state index in [4.69, 9.17) is 4.74 Å². The third kappa shape index (κ3) is 3.70. The average molecular weight is 324 g/mol. The lowest BCUT2D eigenvalue weighted by Gasteiger charge is -2.41. The van der Waals surface area contributed by atoms with Crippen LogP contribution >= 0.6 is 0 Å². The van der Waals surface area contributed by atoms with Gasteiger partial charge in [-0.2, -0.15) is 0 Å². The van der Waals surface area contributed by atoms with Crippen LogP contribution in [0, 0.1) is 0 Å². The Bertz CT molecular complexity index is 687. The highest BCUT2D eigenvalue weighted by molar-refractivity contribution is 5.79. The molecule has 0 radical (unpaired) electrons. The molecule has 1 aliphatic heterocycles. The molecule has 3 rings (SSSR count). The van der Waals surface area contributed by atoms with E-state index in [1.54, 1.807) is 7.11 Å². The zero-order chi connectivity index (χ0) is 16.9. The van der Waals surface area contributed by atoms with Crippen LogP contribution in [0.3, 0.4) is 0 Å². The molecule has 0 aliphatic carbocycles. The number of benzene rings is 2. The second-order valence-corrected chi connectivity index (χ2v) is 6.25. The molecule has 2 aromatic carbocycles. The largest absolute Gasteiger partial charge is 0.497 e. The van der Waals surface area contributed by atoms with E-state index in [-0.39, 0.29) is 11.9 Å². The van der Waals surface area contributed by atoms with Crippen molar-refractivity contribution in [3.8, 4) is 5.75 Å². The topological polar surface area (TPSA) is 32.8 Å². The van der Waals surface area contributed by atoms with Gasteiger partial charge >= 0.3 is 0 Å². The van der Waals surface area contributed by atoms with Crippen LogP contribution in [-0.2, 0) is 11.2 Å². The zero-order valence-electron chi connectivity index (χ0n) is 14.3. The zero-order valence-corrected chi connectivity index (χ0v) is 14.3. The Morgan fingerprint density at radius 3 is 2.62 bits per heavy atom. The Morgan fingerprint density at radius 1 is 1.12 bits per heavy atom. The van der Waals surface area contributed by atoms with Gasteiger partial charge in [-0.05, 0) is 36.8 Å². The molecule has 0 saturated carbocycles. The first kappa shape index (κ1) is 16.4. The summed E-state index contributed by atoms with van der Waals surface area (Å²) in [4.78, 5) is 17.0. The quantitative estimate of drug-likeness (QED) is 0.867. The molecule has 1 aliphatic rings. The molecule has 24 heavy (non-hydrogen) atoms. The first-order chi connectivity index (χ1) is 11.7. The minimum Gasteiger partial charge on any atom is -0.497 e. The molecule has 0 N–H and O–H groups in total. The Labute approximate surface area is 143 Å². The third-order valence-corrected chi connectivity index (χ3v) is 4.56. The maximum Gasteiger partial charge on any atom is 0.227 e. The molecule has 1 heterocycles. The first-order valence-corrected chi connectivity index (χ1v) is 8.40. The molecule has 1 saturated heterocycles. The minimum atomic E-state index is 0.184. The molecular weight excluding hydrogens is 300 g/mol. The number of nitrogens with zero attached hydrogens (tertiary/aromatic N) is 2. The fourth-order valence-corrected chi connectivity index (χ4v) is 3.26. The molecule has 0 bridgehead atoms. The van der Waals surface area contributed by atoms with Crippen LogP contribution < -0.4 is 9.64 Å². The molecule has 1 atom stereocenters. The maximum atomic E-state index is 12.7. The number of ether oxygens (including phenoxy) is 1. The molecule has 4 nitrogen and oxygen atoms in total. The Balaban J connectivity index is 1.62. The normalized spacial score (nSPS) is 17.7. The lowest BCUT2D eigenvalue weighted by molar-refractivity contribution is -0.132. The van der Waals surface area contributed by atoms with Crippen LogP contribution in [0.5, 0.6) is 5.75 Å². The number of rotatable bonds is 4. The monoisotopic (exact) mass is 324 g/mol. The van der Waals surface area contributed by atoms with Gasteiger partial charge in [-0.3, -0.25) is 4.79 Å². The smallest absolute Gasteiger partial charge is 0.227 e. The standard InChI is InChI=1S/C20H24N2O2/c1-16-15-21(18-8-4-3-5-9-18)11-12-22(16)20(23)14-17-7-6-10-19(13-17)24-2/h3-10,13,16H,11-12,14-15H2,1-2H3. The second kappa shape index (κ2) is 7.39. The fraction of sp³-hybridized carbons (Fsp3) is 0.350. The molecule has 1 unspecified atom stereocenters. The number of para-hydroxylation sites is 1. The number of hydrogen-bond donors (Lipinski definition) is 0. The predicted octanol–water partition coefficient (Wildman–Crippen LogP) is 2.98. The minimum absolute atomic E-state index is 0.184. The van der Waals surface area contributed by atoms with E-state index in [0.29, 0.717) is 6.42 Å². The van der Waals surface area contributed by atoms with E-state index >= 15 is 0 Å². The van der Waals surface area contributed by atoms with Gasteiger partial charge in [-0.25, -0.2) is 0 Å². The van der Waals surface area contributed by atoms with E-state index in [0.717, 1.165) is 30.9 Å². The summed E-state index contributed by atoms with van der Waals surface area (Å²) in [6, 6.07) is 18.3. The van der Waals surface area contributed by atoms with E-state index in [1.165, 1.54) is 5.69 Å². The van der Waals surface area contributed by atoms with Crippen molar-refractivity contribution in [2.45, 2.75) is 19.4 Å². The average Bonchev–Trinajstić information content (AvgIpc) is 2.62. The summed E-state index contributed by atoms with van der Waals surface area (Å²) in [6.07, 6.45) is 0.423. The molecule has 1 amide bonds. The summed E-state index contributed by atoms with van der Waals surface area (Å²) in [5.74, 6) is 0.978. The fourth-order valence-electron chi connectivity index (χ4n) is 3.26. The maximum absolute atomic E-state index is 12.7. The van der Waals surface area contributed by atoms with Gasteiger partial charge in [0.05, 0.1) is 13.5 Å². The van der Waals surface area contributed by atoms with Gasteiger partial charge < -0.3 is 14.5 Å². The molecule has 2 aromatic rings. The van der Waals surface area contributed by atoms with E-state index in [1.807, 2.05) is 35.2 Å². The van der Waals surface area contributed by atoms with Crippen LogP contribution in [0.15, 0.2) is 54.6 Å². The number of carbonyl (C=O) groups is 1. The van der Waals surface area contributed by atoms with Crippen LogP contribution in [0.4, 0.5) is 5.69 Å². The van der Waals surface area contributed by atoms with E-state index in [9.17, 15) is 4.79 Å². The van der Waals surface area contributed by atoms with Gasteiger partial charge in [0.2, 0.25) is 5.91 Å². The molecule has 4 heteroatoms. The van der Waals surface area contributed by atoms with Crippen molar-refractivity contribution in [3.63, 3.8) is 0 Å². The van der Waals surface area contributed by atoms with E-state index < -0.39 is 0 Å². The van der Waals surface area contributed by atoms with Crippen LogP contribution in [-0.4, -0.2) is 43.6 Å². The number of hydrogen-bond acceptors (Lipinski definition) is 3. The van der Waals surface area contributed by atoms with Gasteiger partial charge in [0.25, 0.3) is 0 Å².